The van der Waals surface area contributed by atoms with Gasteiger partial charge >= 0.3 is 6.18 Å². The molecule has 0 nitrogen and oxygen atoms in total. The minimum absolute atomic E-state index is 0.616. The van der Waals surface area contributed by atoms with E-state index < -0.39 is 11.7 Å². The highest BCUT2D eigenvalue weighted by atomic mass is 31.0. The first-order chi connectivity index (χ1) is 15.6. The van der Waals surface area contributed by atoms with E-state index in [-0.39, 0.29) is 0 Å². The van der Waals surface area contributed by atoms with E-state index in [0.717, 1.165) is 25.7 Å². The maximum atomic E-state index is 13.2. The van der Waals surface area contributed by atoms with Gasteiger partial charge in [-0.05, 0) is 108 Å². The standard InChI is InChI=1S/C29H24F3P/c1-16-13-17(2)19(4)27(18(16)3)26-15-24(20-9-11-22(12-10-20)29(30,31)32)25-14-21-7-5-6-8-23(21)28(25)33-26/h5-13,15H,14H2,1-4H3. The predicted octanol–water partition coefficient (Wildman–Crippen LogP) is 9.42. The summed E-state index contributed by atoms with van der Waals surface area (Å²) in [7, 11) is 1.15. The highest BCUT2D eigenvalue weighted by Crippen LogP contribution is 2.51. The molecule has 0 saturated carbocycles. The van der Waals surface area contributed by atoms with Gasteiger partial charge in [0.2, 0.25) is 0 Å². The van der Waals surface area contributed by atoms with Crippen LogP contribution >= 0.6 is 8.19 Å². The second-order valence-electron chi connectivity index (χ2n) is 8.93. The molecule has 0 fully saturated rings. The second-order valence-corrected chi connectivity index (χ2v) is 10.1. The molecule has 0 N–H and O–H groups in total. The van der Waals surface area contributed by atoms with Crippen LogP contribution < -0.4 is 0 Å². The quantitative estimate of drug-likeness (QED) is 0.246. The number of halogens is 3. The van der Waals surface area contributed by atoms with E-state index in [2.05, 4.69) is 64.1 Å². The minimum Gasteiger partial charge on any atom is -0.166 e. The summed E-state index contributed by atoms with van der Waals surface area (Å²) in [5, 5.41) is 2.48. The first-order valence-corrected chi connectivity index (χ1v) is 11.9. The average Bonchev–Trinajstić information content (AvgIpc) is 3.16. The Hall–Kier alpha value is -2.90. The van der Waals surface area contributed by atoms with Crippen LogP contribution in [0.25, 0.3) is 32.8 Å². The van der Waals surface area contributed by atoms with Crippen molar-refractivity contribution in [1.82, 2.24) is 0 Å². The predicted molar refractivity (Wildman–Crippen MR) is 132 cm³/mol. The van der Waals surface area contributed by atoms with Crippen LogP contribution in [0.15, 0.2) is 60.7 Å². The van der Waals surface area contributed by atoms with Crippen LogP contribution in [0.1, 0.15) is 38.9 Å². The molecule has 0 amide bonds. The lowest BCUT2D eigenvalue weighted by Gasteiger charge is -2.18. The van der Waals surface area contributed by atoms with Crippen LogP contribution in [0.4, 0.5) is 13.2 Å². The molecule has 1 aliphatic rings. The van der Waals surface area contributed by atoms with E-state index in [1.165, 1.54) is 67.2 Å². The maximum absolute atomic E-state index is 13.2. The van der Waals surface area contributed by atoms with Gasteiger partial charge in [0.15, 0.2) is 0 Å². The van der Waals surface area contributed by atoms with Crippen LogP contribution in [-0.4, -0.2) is 0 Å². The Morgan fingerprint density at radius 1 is 0.758 bits per heavy atom. The van der Waals surface area contributed by atoms with Crippen molar-refractivity contribution in [2.75, 3.05) is 0 Å². The lowest BCUT2D eigenvalue weighted by atomic mass is 9.91. The fourth-order valence-corrected chi connectivity index (χ4v) is 6.45. The molecule has 1 heterocycles. The van der Waals surface area contributed by atoms with E-state index in [1.807, 2.05) is 0 Å². The van der Waals surface area contributed by atoms with Gasteiger partial charge in [0.05, 0.1) is 5.56 Å². The Bertz CT molecular complexity index is 1370. The lowest BCUT2D eigenvalue weighted by molar-refractivity contribution is -0.137. The molecule has 0 bridgehead atoms. The third-order valence-corrected chi connectivity index (χ3v) is 8.24. The van der Waals surface area contributed by atoms with Crippen molar-refractivity contribution in [2.24, 2.45) is 0 Å². The van der Waals surface area contributed by atoms with Crippen molar-refractivity contribution >= 4 is 8.19 Å². The molecule has 3 aromatic carbocycles. The van der Waals surface area contributed by atoms with Gasteiger partial charge in [0.1, 0.15) is 0 Å². The summed E-state index contributed by atoms with van der Waals surface area (Å²) in [5.74, 6) is 0. The van der Waals surface area contributed by atoms with Crippen molar-refractivity contribution in [3.05, 3.63) is 99.6 Å². The monoisotopic (exact) mass is 460 g/mol. The van der Waals surface area contributed by atoms with Gasteiger partial charge in [-0.2, -0.15) is 13.2 Å². The van der Waals surface area contributed by atoms with Gasteiger partial charge in [-0.1, -0.05) is 50.7 Å². The van der Waals surface area contributed by atoms with Crippen LogP contribution in [0.2, 0.25) is 0 Å². The first-order valence-electron chi connectivity index (χ1n) is 11.0. The van der Waals surface area contributed by atoms with Crippen molar-refractivity contribution in [1.29, 1.82) is 0 Å². The summed E-state index contributed by atoms with van der Waals surface area (Å²) in [6, 6.07) is 18.5. The maximum Gasteiger partial charge on any atom is 0.416 e. The number of alkyl halides is 3. The van der Waals surface area contributed by atoms with Gasteiger partial charge in [-0.3, -0.25) is 0 Å². The molecule has 0 saturated heterocycles. The van der Waals surface area contributed by atoms with Crippen molar-refractivity contribution in [2.45, 2.75) is 40.3 Å². The van der Waals surface area contributed by atoms with Gasteiger partial charge in [-0.15, -0.1) is 0 Å². The van der Waals surface area contributed by atoms with Crippen LogP contribution in [0.3, 0.4) is 0 Å². The number of fused-ring (bicyclic) bond motifs is 3. The normalized spacial score (nSPS) is 12.8. The molecule has 1 aliphatic carbocycles. The molecular formula is C29H24F3P. The SMILES string of the molecule is Cc1cc(C)c(C)c(-c2cc(-c3ccc(C(F)(F)F)cc3)c3c(p2)-c2ccccc2C3)c1C. The minimum atomic E-state index is -4.34. The number of aryl methyl sites for hydroxylation is 2. The van der Waals surface area contributed by atoms with Crippen LogP contribution in [0.5, 0.6) is 0 Å². The second kappa shape index (κ2) is 7.85. The fraction of sp³-hybridized carbons (Fsp3) is 0.207. The number of benzene rings is 3. The van der Waals surface area contributed by atoms with E-state index in [4.69, 9.17) is 0 Å². The highest BCUT2D eigenvalue weighted by Gasteiger charge is 2.30. The van der Waals surface area contributed by atoms with Crippen molar-refractivity contribution < 1.29 is 13.2 Å². The van der Waals surface area contributed by atoms with E-state index >= 15 is 0 Å². The summed E-state index contributed by atoms with van der Waals surface area (Å²) in [5.41, 5.74) is 11.3. The van der Waals surface area contributed by atoms with Gasteiger partial charge < -0.3 is 0 Å². The summed E-state index contributed by atoms with van der Waals surface area (Å²) in [6.45, 7) is 8.61. The lowest BCUT2D eigenvalue weighted by Crippen LogP contribution is -2.04. The van der Waals surface area contributed by atoms with Crippen molar-refractivity contribution in [3.63, 3.8) is 0 Å². The number of rotatable bonds is 2. The molecule has 5 rings (SSSR count). The molecule has 4 aromatic rings. The molecule has 4 heteroatoms. The third kappa shape index (κ3) is 3.69. The number of hydrogen-bond donors (Lipinski definition) is 0. The zero-order valence-electron chi connectivity index (χ0n) is 19.1. The van der Waals surface area contributed by atoms with E-state index in [0.29, 0.717) is 0 Å². The molecule has 0 aliphatic heterocycles. The summed E-state index contributed by atoms with van der Waals surface area (Å²) < 4.78 is 39.5. The van der Waals surface area contributed by atoms with E-state index in [9.17, 15) is 13.2 Å². The third-order valence-electron chi connectivity index (χ3n) is 6.91. The zero-order chi connectivity index (χ0) is 23.5. The Kier molecular flexibility index (Phi) is 5.21. The molecular weight excluding hydrogens is 436 g/mol. The molecule has 33 heavy (non-hydrogen) atoms. The van der Waals surface area contributed by atoms with Crippen molar-refractivity contribution in [3.8, 4) is 32.8 Å². The van der Waals surface area contributed by atoms with Crippen LogP contribution in [0, 0.1) is 27.7 Å². The molecule has 1 aromatic heterocycles. The first kappa shape index (κ1) is 21.9. The zero-order valence-corrected chi connectivity index (χ0v) is 20.0. The Labute approximate surface area is 194 Å². The van der Waals surface area contributed by atoms with Gasteiger partial charge in [0.25, 0.3) is 0 Å². The summed E-state index contributed by atoms with van der Waals surface area (Å²) >= 11 is 0. The highest BCUT2D eigenvalue weighted by molar-refractivity contribution is 7.37. The van der Waals surface area contributed by atoms with Gasteiger partial charge in [0, 0.05) is 10.6 Å². The fourth-order valence-electron chi connectivity index (χ4n) is 4.89. The molecule has 0 atom stereocenters. The average molecular weight is 460 g/mol. The topological polar surface area (TPSA) is 0 Å². The smallest absolute Gasteiger partial charge is 0.166 e. The van der Waals surface area contributed by atoms with Gasteiger partial charge in [-0.25, -0.2) is 0 Å². The molecule has 0 radical (unpaired) electrons. The number of hydrogen-bond acceptors (Lipinski definition) is 0. The molecule has 0 spiro atoms. The summed E-state index contributed by atoms with van der Waals surface area (Å²) in [4.78, 5) is 0. The Morgan fingerprint density at radius 2 is 1.39 bits per heavy atom. The summed E-state index contributed by atoms with van der Waals surface area (Å²) in [6.07, 6.45) is -3.53. The van der Waals surface area contributed by atoms with Crippen LogP contribution in [-0.2, 0) is 12.6 Å². The Balaban J connectivity index is 1.78. The largest absolute Gasteiger partial charge is 0.416 e. The molecule has 0 unspecified atom stereocenters. The molecule has 166 valence electrons. The Morgan fingerprint density at radius 3 is 2.03 bits per heavy atom. The van der Waals surface area contributed by atoms with E-state index in [1.54, 1.807) is 12.1 Å².